The van der Waals surface area contributed by atoms with Gasteiger partial charge in [0.05, 0.1) is 37.2 Å². The molecule has 0 radical (unpaired) electrons. The van der Waals surface area contributed by atoms with E-state index in [0.717, 1.165) is 22.9 Å². The first-order valence-corrected chi connectivity index (χ1v) is 12.9. The number of nitrogens with one attached hydrogen (secondary N) is 2. The quantitative estimate of drug-likeness (QED) is 0.393. The molecular weight excluding hydrogens is 504 g/mol. The molecule has 2 aliphatic rings. The maximum absolute atomic E-state index is 14.1. The standard InChI is InChI=1S/C28H29F2N7O2/c1-17-26(19-11-31-35(2)12-19)34-37(20-6-4-3-5-7-20)27(17)33-28(38)32-25-14-36(21-15-39-16-21)13-22(25)18-8-9-23(29)24(30)10-18/h3-12,21-22,25H,13-16H2,1-2H3,(H2,32,33,38)/t22-,25?/m0/s1. The minimum atomic E-state index is -0.897. The monoisotopic (exact) mass is 533 g/mol. The first-order chi connectivity index (χ1) is 18.9. The third-order valence-corrected chi connectivity index (χ3v) is 7.51. The minimum absolute atomic E-state index is 0.211. The third-order valence-electron chi connectivity index (χ3n) is 7.51. The number of hydrogen-bond donors (Lipinski definition) is 2. The van der Waals surface area contributed by atoms with Crippen molar-refractivity contribution in [3.8, 4) is 16.9 Å². The second kappa shape index (κ2) is 10.2. The number of hydrogen-bond acceptors (Lipinski definition) is 5. The van der Waals surface area contributed by atoms with Gasteiger partial charge in [-0.25, -0.2) is 18.3 Å². The Labute approximate surface area is 224 Å². The molecule has 202 valence electrons. The van der Waals surface area contributed by atoms with E-state index < -0.39 is 17.7 Å². The van der Waals surface area contributed by atoms with Crippen LogP contribution in [0.2, 0.25) is 0 Å². The molecule has 2 aromatic carbocycles. The Morgan fingerprint density at radius 2 is 1.87 bits per heavy atom. The average Bonchev–Trinajstić information content (AvgIpc) is 3.58. The molecule has 0 saturated carbocycles. The maximum Gasteiger partial charge on any atom is 0.320 e. The molecule has 11 heteroatoms. The summed E-state index contributed by atoms with van der Waals surface area (Å²) in [5.74, 6) is -1.47. The molecule has 2 aromatic heterocycles. The fourth-order valence-corrected chi connectivity index (χ4v) is 5.32. The zero-order valence-electron chi connectivity index (χ0n) is 21.6. The second-order valence-corrected chi connectivity index (χ2v) is 10.1. The molecule has 6 rings (SSSR count). The fourth-order valence-electron chi connectivity index (χ4n) is 5.32. The normalized spacial score (nSPS) is 19.7. The van der Waals surface area contributed by atoms with Gasteiger partial charge in [0.15, 0.2) is 11.6 Å². The van der Waals surface area contributed by atoms with Crippen molar-refractivity contribution in [1.82, 2.24) is 29.8 Å². The van der Waals surface area contributed by atoms with Gasteiger partial charge in [-0.05, 0) is 36.8 Å². The van der Waals surface area contributed by atoms with E-state index in [2.05, 4.69) is 20.6 Å². The zero-order valence-corrected chi connectivity index (χ0v) is 21.6. The van der Waals surface area contributed by atoms with Crippen LogP contribution in [0.25, 0.3) is 16.9 Å². The molecule has 2 aliphatic heterocycles. The molecular formula is C28H29F2N7O2. The largest absolute Gasteiger partial charge is 0.378 e. The van der Waals surface area contributed by atoms with Gasteiger partial charge in [0, 0.05) is 43.4 Å². The molecule has 2 amide bonds. The van der Waals surface area contributed by atoms with Gasteiger partial charge < -0.3 is 10.1 Å². The summed E-state index contributed by atoms with van der Waals surface area (Å²) in [4.78, 5) is 15.7. The number of ether oxygens (including phenoxy) is 1. The summed E-state index contributed by atoms with van der Waals surface area (Å²) >= 11 is 0. The molecule has 4 aromatic rings. The van der Waals surface area contributed by atoms with E-state index in [1.54, 1.807) is 21.6 Å². The summed E-state index contributed by atoms with van der Waals surface area (Å²) in [6, 6.07) is 13.0. The van der Waals surface area contributed by atoms with Gasteiger partial charge >= 0.3 is 6.03 Å². The highest BCUT2D eigenvalue weighted by molar-refractivity contribution is 5.91. The van der Waals surface area contributed by atoms with E-state index in [1.807, 2.05) is 50.5 Å². The van der Waals surface area contributed by atoms with Crippen LogP contribution >= 0.6 is 0 Å². The number of aryl methyl sites for hydroxylation is 1. The van der Waals surface area contributed by atoms with Crippen LogP contribution < -0.4 is 10.6 Å². The number of para-hydroxylation sites is 1. The number of carbonyl (C=O) groups is 1. The van der Waals surface area contributed by atoms with Crippen LogP contribution in [0, 0.1) is 18.6 Å². The fraction of sp³-hybridized carbons (Fsp3) is 0.321. The van der Waals surface area contributed by atoms with Gasteiger partial charge in [-0.1, -0.05) is 24.3 Å². The summed E-state index contributed by atoms with van der Waals surface area (Å²) in [7, 11) is 1.84. The van der Waals surface area contributed by atoms with Gasteiger partial charge in [0.2, 0.25) is 0 Å². The number of amides is 2. The number of rotatable bonds is 6. The van der Waals surface area contributed by atoms with Crippen molar-refractivity contribution in [2.45, 2.75) is 24.9 Å². The van der Waals surface area contributed by atoms with Crippen LogP contribution in [0.15, 0.2) is 60.9 Å². The molecule has 2 N–H and O–H groups in total. The van der Waals surface area contributed by atoms with Gasteiger partial charge in [-0.2, -0.15) is 10.2 Å². The lowest BCUT2D eigenvalue weighted by molar-refractivity contribution is -0.0577. The van der Waals surface area contributed by atoms with E-state index in [-0.39, 0.29) is 18.0 Å². The molecule has 0 spiro atoms. The number of likely N-dealkylation sites (tertiary alicyclic amines) is 1. The Hall–Kier alpha value is -4.09. The molecule has 0 aliphatic carbocycles. The lowest BCUT2D eigenvalue weighted by atomic mass is 9.94. The Morgan fingerprint density at radius 3 is 2.54 bits per heavy atom. The molecule has 0 bridgehead atoms. The first-order valence-electron chi connectivity index (χ1n) is 12.9. The number of halogens is 2. The number of anilines is 1. The van der Waals surface area contributed by atoms with Crippen molar-refractivity contribution in [1.29, 1.82) is 0 Å². The summed E-state index contributed by atoms with van der Waals surface area (Å²) in [6.07, 6.45) is 3.61. The van der Waals surface area contributed by atoms with Crippen molar-refractivity contribution < 1.29 is 18.3 Å². The van der Waals surface area contributed by atoms with Gasteiger partial charge in [-0.15, -0.1) is 0 Å². The predicted molar refractivity (Wildman–Crippen MR) is 142 cm³/mol. The minimum Gasteiger partial charge on any atom is -0.378 e. The van der Waals surface area contributed by atoms with E-state index >= 15 is 0 Å². The Kier molecular flexibility index (Phi) is 6.61. The zero-order chi connectivity index (χ0) is 27.1. The first kappa shape index (κ1) is 25.2. The lowest BCUT2D eigenvalue weighted by Crippen LogP contribution is -2.49. The smallest absolute Gasteiger partial charge is 0.320 e. The third kappa shape index (κ3) is 4.90. The number of nitrogens with zero attached hydrogens (tertiary/aromatic N) is 5. The van der Waals surface area contributed by atoms with E-state index in [1.165, 1.54) is 6.07 Å². The highest BCUT2D eigenvalue weighted by atomic mass is 19.2. The number of carbonyl (C=O) groups excluding carboxylic acids is 1. The number of benzene rings is 2. The van der Waals surface area contributed by atoms with Crippen LogP contribution in [-0.4, -0.2) is 68.9 Å². The molecule has 1 unspecified atom stereocenters. The van der Waals surface area contributed by atoms with Crippen LogP contribution in [0.4, 0.5) is 19.4 Å². The van der Waals surface area contributed by atoms with Crippen molar-refractivity contribution in [2.24, 2.45) is 7.05 Å². The predicted octanol–water partition coefficient (Wildman–Crippen LogP) is 3.85. The molecule has 2 saturated heterocycles. The van der Waals surface area contributed by atoms with Crippen LogP contribution in [0.3, 0.4) is 0 Å². The molecule has 39 heavy (non-hydrogen) atoms. The Bertz CT molecular complexity index is 1500. The second-order valence-electron chi connectivity index (χ2n) is 10.1. The highest BCUT2D eigenvalue weighted by Crippen LogP contribution is 2.33. The maximum atomic E-state index is 14.1. The number of urea groups is 1. The van der Waals surface area contributed by atoms with Gasteiger partial charge in [-0.3, -0.25) is 14.9 Å². The van der Waals surface area contributed by atoms with E-state index in [4.69, 9.17) is 9.84 Å². The highest BCUT2D eigenvalue weighted by Gasteiger charge is 2.40. The summed E-state index contributed by atoms with van der Waals surface area (Å²) in [6.45, 7) is 4.33. The summed E-state index contributed by atoms with van der Waals surface area (Å²) < 4.78 is 36.5. The SMILES string of the molecule is Cc1c(-c2cnn(C)c2)nn(-c2ccccc2)c1NC(=O)NC1CN(C2COC2)C[C@H]1c1ccc(F)c(F)c1. The van der Waals surface area contributed by atoms with Crippen LogP contribution in [0.5, 0.6) is 0 Å². The lowest BCUT2D eigenvalue weighted by Gasteiger charge is -2.34. The molecule has 4 heterocycles. The Morgan fingerprint density at radius 1 is 1.08 bits per heavy atom. The van der Waals surface area contributed by atoms with Crippen molar-refractivity contribution >= 4 is 11.8 Å². The molecule has 9 nitrogen and oxygen atoms in total. The summed E-state index contributed by atoms with van der Waals surface area (Å²) in [5.41, 5.74) is 3.77. The topological polar surface area (TPSA) is 89.2 Å². The van der Waals surface area contributed by atoms with Gasteiger partial charge in [0.25, 0.3) is 0 Å². The van der Waals surface area contributed by atoms with Crippen LogP contribution in [0.1, 0.15) is 17.0 Å². The van der Waals surface area contributed by atoms with Crippen molar-refractivity contribution in [2.75, 3.05) is 31.6 Å². The molecule has 2 atom stereocenters. The van der Waals surface area contributed by atoms with E-state index in [0.29, 0.717) is 43.4 Å². The number of aromatic nitrogens is 4. The molecule has 2 fully saturated rings. The summed E-state index contributed by atoms with van der Waals surface area (Å²) in [5, 5.41) is 15.2. The average molecular weight is 534 g/mol. The van der Waals surface area contributed by atoms with Crippen LogP contribution in [-0.2, 0) is 11.8 Å². The van der Waals surface area contributed by atoms with Crippen molar-refractivity contribution in [3.05, 3.63) is 83.7 Å². The van der Waals surface area contributed by atoms with Gasteiger partial charge in [0.1, 0.15) is 11.5 Å². The van der Waals surface area contributed by atoms with Crippen molar-refractivity contribution in [3.63, 3.8) is 0 Å². The Balaban J connectivity index is 1.28. The van der Waals surface area contributed by atoms with E-state index in [9.17, 15) is 13.6 Å².